The highest BCUT2D eigenvalue weighted by molar-refractivity contribution is 8.00. The van der Waals surface area contributed by atoms with Crippen LogP contribution in [0.5, 0.6) is 0 Å². The van der Waals surface area contributed by atoms with Gasteiger partial charge in [-0.25, -0.2) is 0 Å². The molecule has 1 aromatic carbocycles. The van der Waals surface area contributed by atoms with E-state index in [0.717, 1.165) is 17.9 Å². The lowest BCUT2D eigenvalue weighted by atomic mass is 10.1. The predicted octanol–water partition coefficient (Wildman–Crippen LogP) is 3.36. The third kappa shape index (κ3) is 5.97. The molecule has 2 N–H and O–H groups in total. The third-order valence-electron chi connectivity index (χ3n) is 3.28. The lowest BCUT2D eigenvalue weighted by Gasteiger charge is -2.13. The second-order valence-corrected chi connectivity index (χ2v) is 6.06. The molecule has 0 aliphatic rings. The molecule has 0 aromatic heterocycles. The maximum atomic E-state index is 11.7. The summed E-state index contributed by atoms with van der Waals surface area (Å²) in [7, 11) is 0. The Bertz CT molecular complexity index is 405. The minimum Gasteiger partial charge on any atom is -0.353 e. The maximum absolute atomic E-state index is 11.7. The van der Waals surface area contributed by atoms with Gasteiger partial charge in [-0.3, -0.25) is 4.79 Å². The van der Waals surface area contributed by atoms with E-state index in [1.54, 1.807) is 11.8 Å². The van der Waals surface area contributed by atoms with Crippen molar-refractivity contribution in [3.63, 3.8) is 0 Å². The van der Waals surface area contributed by atoms with Crippen LogP contribution < -0.4 is 10.6 Å². The van der Waals surface area contributed by atoms with Gasteiger partial charge in [-0.2, -0.15) is 0 Å². The molecule has 1 rings (SSSR count). The van der Waals surface area contributed by atoms with Crippen LogP contribution in [0.1, 0.15) is 45.7 Å². The van der Waals surface area contributed by atoms with E-state index < -0.39 is 0 Å². The molecule has 3 nitrogen and oxygen atoms in total. The monoisotopic (exact) mass is 294 g/mol. The van der Waals surface area contributed by atoms with Gasteiger partial charge in [0.05, 0.1) is 5.75 Å². The molecular formula is C16H26N2OS. The van der Waals surface area contributed by atoms with Crippen LogP contribution in [0, 0.1) is 0 Å². The van der Waals surface area contributed by atoms with Crippen molar-refractivity contribution in [2.75, 3.05) is 12.3 Å². The van der Waals surface area contributed by atoms with E-state index in [2.05, 4.69) is 55.7 Å². The van der Waals surface area contributed by atoms with E-state index in [4.69, 9.17) is 0 Å². The summed E-state index contributed by atoms with van der Waals surface area (Å²) in [6, 6.07) is 9.05. The maximum Gasteiger partial charge on any atom is 0.230 e. The molecule has 2 unspecified atom stereocenters. The molecule has 0 spiro atoms. The molecule has 0 bridgehead atoms. The van der Waals surface area contributed by atoms with Crippen molar-refractivity contribution in [3.8, 4) is 0 Å². The summed E-state index contributed by atoms with van der Waals surface area (Å²) in [4.78, 5) is 12.8. The molecule has 0 saturated heterocycles. The van der Waals surface area contributed by atoms with Crippen molar-refractivity contribution in [1.82, 2.24) is 10.6 Å². The Morgan fingerprint density at radius 3 is 2.40 bits per heavy atom. The van der Waals surface area contributed by atoms with E-state index in [1.165, 1.54) is 5.56 Å². The number of hydrogen-bond acceptors (Lipinski definition) is 3. The number of carbonyl (C=O) groups is 1. The first-order chi connectivity index (χ1) is 9.56. The van der Waals surface area contributed by atoms with Gasteiger partial charge < -0.3 is 10.6 Å². The first kappa shape index (κ1) is 17.1. The first-order valence-electron chi connectivity index (χ1n) is 7.32. The zero-order chi connectivity index (χ0) is 15.0. The van der Waals surface area contributed by atoms with Crippen LogP contribution in [0.3, 0.4) is 0 Å². The molecule has 1 amide bonds. The fourth-order valence-corrected chi connectivity index (χ4v) is 2.55. The van der Waals surface area contributed by atoms with Crippen LogP contribution in [0.2, 0.25) is 0 Å². The minimum atomic E-state index is 0.106. The molecular weight excluding hydrogens is 268 g/mol. The smallest absolute Gasteiger partial charge is 0.230 e. The summed E-state index contributed by atoms with van der Waals surface area (Å²) >= 11 is 1.58. The molecule has 0 heterocycles. The molecule has 2 atom stereocenters. The highest BCUT2D eigenvalue weighted by atomic mass is 32.2. The van der Waals surface area contributed by atoms with Crippen molar-refractivity contribution in [3.05, 3.63) is 29.8 Å². The Morgan fingerprint density at radius 2 is 1.85 bits per heavy atom. The lowest BCUT2D eigenvalue weighted by Crippen LogP contribution is -2.33. The topological polar surface area (TPSA) is 41.1 Å². The van der Waals surface area contributed by atoms with Gasteiger partial charge >= 0.3 is 0 Å². The molecule has 0 radical (unpaired) electrons. The normalized spacial score (nSPS) is 13.8. The molecule has 0 aliphatic carbocycles. The Labute approximate surface area is 126 Å². The van der Waals surface area contributed by atoms with Crippen LogP contribution in [-0.4, -0.2) is 24.2 Å². The number of hydrogen-bond donors (Lipinski definition) is 2. The molecule has 112 valence electrons. The van der Waals surface area contributed by atoms with Crippen LogP contribution in [-0.2, 0) is 4.79 Å². The number of amides is 1. The van der Waals surface area contributed by atoms with Gasteiger partial charge in [-0.05, 0) is 44.5 Å². The van der Waals surface area contributed by atoms with Crippen molar-refractivity contribution < 1.29 is 4.79 Å². The van der Waals surface area contributed by atoms with Crippen molar-refractivity contribution in [2.45, 2.75) is 51.1 Å². The van der Waals surface area contributed by atoms with Crippen LogP contribution in [0.15, 0.2) is 29.2 Å². The second-order valence-electron chi connectivity index (χ2n) is 5.01. The Morgan fingerprint density at radius 1 is 1.20 bits per heavy atom. The number of carbonyl (C=O) groups excluding carboxylic acids is 1. The minimum absolute atomic E-state index is 0.106. The Kier molecular flexibility index (Phi) is 7.70. The van der Waals surface area contributed by atoms with Gasteiger partial charge in [-0.1, -0.05) is 26.0 Å². The van der Waals surface area contributed by atoms with Crippen molar-refractivity contribution in [2.24, 2.45) is 0 Å². The highest BCUT2D eigenvalue weighted by Crippen LogP contribution is 2.20. The van der Waals surface area contributed by atoms with Gasteiger partial charge in [-0.15, -0.1) is 11.8 Å². The Hall–Kier alpha value is -1.00. The largest absolute Gasteiger partial charge is 0.353 e. The van der Waals surface area contributed by atoms with E-state index in [0.29, 0.717) is 11.8 Å². The molecule has 0 fully saturated rings. The Balaban J connectivity index is 2.43. The molecule has 0 saturated carbocycles. The van der Waals surface area contributed by atoms with E-state index in [-0.39, 0.29) is 11.9 Å². The van der Waals surface area contributed by atoms with Crippen LogP contribution in [0.25, 0.3) is 0 Å². The van der Waals surface area contributed by atoms with Crippen LogP contribution >= 0.6 is 11.8 Å². The summed E-state index contributed by atoms with van der Waals surface area (Å²) in [5, 5.41) is 6.36. The summed E-state index contributed by atoms with van der Waals surface area (Å²) in [6.07, 6.45) is 0.966. The van der Waals surface area contributed by atoms with Crippen LogP contribution in [0.4, 0.5) is 0 Å². The fraction of sp³-hybridized carbons (Fsp3) is 0.562. The van der Waals surface area contributed by atoms with Crippen molar-refractivity contribution in [1.29, 1.82) is 0 Å². The standard InChI is InChI=1S/C16H26N2OS/c1-5-12(3)18-16(19)11-20-15-9-7-14(8-10-15)13(4)17-6-2/h7-10,12-13,17H,5-6,11H2,1-4H3,(H,18,19). The second kappa shape index (κ2) is 9.03. The lowest BCUT2D eigenvalue weighted by molar-refractivity contribution is -0.119. The first-order valence-corrected chi connectivity index (χ1v) is 8.30. The molecule has 4 heteroatoms. The van der Waals surface area contributed by atoms with Gasteiger partial charge in [0, 0.05) is 17.0 Å². The zero-order valence-corrected chi connectivity index (χ0v) is 13.7. The average molecular weight is 294 g/mol. The third-order valence-corrected chi connectivity index (χ3v) is 4.29. The molecule has 20 heavy (non-hydrogen) atoms. The molecule has 0 aliphatic heterocycles. The number of rotatable bonds is 8. The average Bonchev–Trinajstić information content (AvgIpc) is 2.45. The summed E-state index contributed by atoms with van der Waals surface area (Å²) in [5.41, 5.74) is 1.28. The SMILES string of the molecule is CCNC(C)c1ccc(SCC(=O)NC(C)CC)cc1. The van der Waals surface area contributed by atoms with Gasteiger partial charge in [0.15, 0.2) is 0 Å². The summed E-state index contributed by atoms with van der Waals surface area (Å²) < 4.78 is 0. The van der Waals surface area contributed by atoms with E-state index >= 15 is 0 Å². The number of thioether (sulfide) groups is 1. The van der Waals surface area contributed by atoms with Gasteiger partial charge in [0.25, 0.3) is 0 Å². The molecule has 1 aromatic rings. The quantitative estimate of drug-likeness (QED) is 0.722. The number of benzene rings is 1. The van der Waals surface area contributed by atoms with E-state index in [1.807, 2.05) is 6.92 Å². The number of nitrogens with one attached hydrogen (secondary N) is 2. The van der Waals surface area contributed by atoms with Gasteiger partial charge in [0.2, 0.25) is 5.91 Å². The fourth-order valence-electron chi connectivity index (χ4n) is 1.84. The van der Waals surface area contributed by atoms with Crippen molar-refractivity contribution >= 4 is 17.7 Å². The van der Waals surface area contributed by atoms with E-state index in [9.17, 15) is 4.79 Å². The highest BCUT2D eigenvalue weighted by Gasteiger charge is 2.07. The zero-order valence-electron chi connectivity index (χ0n) is 12.9. The summed E-state index contributed by atoms with van der Waals surface area (Å²) in [5.74, 6) is 0.585. The summed E-state index contributed by atoms with van der Waals surface area (Å²) in [6.45, 7) is 9.33. The predicted molar refractivity (Wildman–Crippen MR) is 87.2 cm³/mol. The van der Waals surface area contributed by atoms with Gasteiger partial charge in [0.1, 0.15) is 0 Å².